The van der Waals surface area contributed by atoms with Crippen LogP contribution in [-0.2, 0) is 4.79 Å². The average Bonchev–Trinajstić information content (AvgIpc) is 2.93. The topological polar surface area (TPSA) is 37.3 Å². The predicted octanol–water partition coefficient (Wildman–Crippen LogP) is 3.80. The summed E-state index contributed by atoms with van der Waals surface area (Å²) in [7, 11) is 0. The maximum Gasteiger partial charge on any atom is 0.303 e. The van der Waals surface area contributed by atoms with E-state index in [4.69, 9.17) is 5.11 Å². The van der Waals surface area contributed by atoms with Gasteiger partial charge in [0, 0.05) is 5.25 Å². The van der Waals surface area contributed by atoms with Crippen LogP contribution in [0.4, 0.5) is 0 Å². The molecule has 0 aromatic carbocycles. The molecular weight excluding hydrogens is 232 g/mol. The zero-order valence-corrected chi connectivity index (χ0v) is 11.8. The van der Waals surface area contributed by atoms with Crippen LogP contribution < -0.4 is 0 Å². The van der Waals surface area contributed by atoms with Crippen LogP contribution in [0.5, 0.6) is 0 Å². The smallest absolute Gasteiger partial charge is 0.303 e. The molecule has 0 spiro atoms. The van der Waals surface area contributed by atoms with E-state index in [1.54, 1.807) is 0 Å². The van der Waals surface area contributed by atoms with Crippen molar-refractivity contribution in [2.45, 2.75) is 57.6 Å². The van der Waals surface area contributed by atoms with E-state index in [2.05, 4.69) is 25.6 Å². The maximum absolute atomic E-state index is 10.8. The molecule has 0 aromatic rings. The van der Waals surface area contributed by atoms with Crippen LogP contribution in [0, 0.1) is 17.3 Å². The lowest BCUT2D eigenvalue weighted by Crippen LogP contribution is -2.23. The Bertz CT molecular complexity index is 276. The highest BCUT2D eigenvalue weighted by atomic mass is 32.2. The zero-order valence-electron chi connectivity index (χ0n) is 10.9. The highest BCUT2D eigenvalue weighted by molar-refractivity contribution is 7.99. The standard InChI is InChI=1S/C14H24O2S/c1-10-5-11(2)7-12(6-10)17-9-14(3-4-14)8-13(15)16/h10-12H,3-9H2,1-2H3,(H,15,16). The van der Waals surface area contributed by atoms with Crippen molar-refractivity contribution in [2.75, 3.05) is 5.75 Å². The second-order valence-corrected chi connectivity index (χ2v) is 7.71. The van der Waals surface area contributed by atoms with Crippen LogP contribution in [0.25, 0.3) is 0 Å². The number of carboxylic acid groups (broad SMARTS) is 1. The summed E-state index contributed by atoms with van der Waals surface area (Å²) in [6.45, 7) is 4.71. The minimum atomic E-state index is -0.617. The van der Waals surface area contributed by atoms with Gasteiger partial charge in [0.1, 0.15) is 0 Å². The van der Waals surface area contributed by atoms with E-state index in [1.165, 1.54) is 19.3 Å². The van der Waals surface area contributed by atoms with Crippen molar-refractivity contribution in [1.82, 2.24) is 0 Å². The lowest BCUT2D eigenvalue weighted by Gasteiger charge is -2.31. The summed E-state index contributed by atoms with van der Waals surface area (Å²) < 4.78 is 0. The van der Waals surface area contributed by atoms with Gasteiger partial charge in [-0.1, -0.05) is 13.8 Å². The van der Waals surface area contributed by atoms with Crippen LogP contribution in [0.15, 0.2) is 0 Å². The number of carboxylic acids is 1. The summed E-state index contributed by atoms with van der Waals surface area (Å²) in [5.41, 5.74) is 0.167. The SMILES string of the molecule is CC1CC(C)CC(SCC2(CC(=O)O)CC2)C1. The number of aliphatic carboxylic acids is 1. The zero-order chi connectivity index (χ0) is 12.5. The molecule has 2 nitrogen and oxygen atoms in total. The van der Waals surface area contributed by atoms with Crippen molar-refractivity contribution in [2.24, 2.45) is 17.3 Å². The Morgan fingerprint density at radius 2 is 1.82 bits per heavy atom. The molecule has 2 rings (SSSR count). The molecule has 2 saturated carbocycles. The third-order valence-corrected chi connectivity index (χ3v) is 5.88. The molecule has 3 heteroatoms. The van der Waals surface area contributed by atoms with Gasteiger partial charge in [-0.25, -0.2) is 0 Å². The molecule has 1 N–H and O–H groups in total. The Morgan fingerprint density at radius 3 is 2.29 bits per heavy atom. The van der Waals surface area contributed by atoms with E-state index in [9.17, 15) is 4.79 Å². The van der Waals surface area contributed by atoms with Gasteiger partial charge in [0.25, 0.3) is 0 Å². The molecule has 2 atom stereocenters. The van der Waals surface area contributed by atoms with E-state index < -0.39 is 5.97 Å². The Morgan fingerprint density at radius 1 is 1.24 bits per heavy atom. The van der Waals surface area contributed by atoms with E-state index in [1.807, 2.05) is 0 Å². The Labute approximate surface area is 109 Å². The fourth-order valence-corrected chi connectivity index (χ4v) is 5.08. The van der Waals surface area contributed by atoms with Gasteiger partial charge in [-0.15, -0.1) is 0 Å². The monoisotopic (exact) mass is 256 g/mol. The first-order valence-corrected chi connectivity index (χ1v) is 7.87. The first-order valence-electron chi connectivity index (χ1n) is 6.82. The quantitative estimate of drug-likeness (QED) is 0.813. The normalized spacial score (nSPS) is 35.5. The second-order valence-electron chi connectivity index (χ2n) is 6.42. The van der Waals surface area contributed by atoms with E-state index >= 15 is 0 Å². The van der Waals surface area contributed by atoms with Gasteiger partial charge in [0.05, 0.1) is 6.42 Å². The third-order valence-electron chi connectivity index (χ3n) is 4.24. The molecule has 0 aliphatic heterocycles. The minimum absolute atomic E-state index is 0.167. The largest absolute Gasteiger partial charge is 0.481 e. The molecule has 2 fully saturated rings. The number of rotatable bonds is 5. The fourth-order valence-electron chi connectivity index (χ4n) is 3.17. The van der Waals surface area contributed by atoms with Crippen LogP contribution in [0.2, 0.25) is 0 Å². The van der Waals surface area contributed by atoms with Gasteiger partial charge in [0.15, 0.2) is 0 Å². The predicted molar refractivity (Wildman–Crippen MR) is 72.3 cm³/mol. The van der Waals surface area contributed by atoms with Crippen LogP contribution >= 0.6 is 11.8 Å². The molecule has 98 valence electrons. The summed E-state index contributed by atoms with van der Waals surface area (Å²) in [5, 5.41) is 9.68. The van der Waals surface area contributed by atoms with Gasteiger partial charge in [-0.3, -0.25) is 4.79 Å². The van der Waals surface area contributed by atoms with Crippen molar-refractivity contribution < 1.29 is 9.90 Å². The number of hydrogen-bond acceptors (Lipinski definition) is 2. The highest BCUT2D eigenvalue weighted by Gasteiger charge is 2.44. The first kappa shape index (κ1) is 13.3. The summed E-state index contributed by atoms with van der Waals surface area (Å²) in [6, 6.07) is 0. The fraction of sp³-hybridized carbons (Fsp3) is 0.929. The second kappa shape index (κ2) is 5.21. The van der Waals surface area contributed by atoms with Crippen molar-refractivity contribution in [3.05, 3.63) is 0 Å². The van der Waals surface area contributed by atoms with Gasteiger partial charge in [-0.2, -0.15) is 11.8 Å². The van der Waals surface area contributed by atoms with Gasteiger partial charge in [0.2, 0.25) is 0 Å². The molecule has 0 bridgehead atoms. The highest BCUT2D eigenvalue weighted by Crippen LogP contribution is 2.52. The molecular formula is C14H24O2S. The molecule has 0 amide bonds. The van der Waals surface area contributed by atoms with E-state index in [-0.39, 0.29) is 5.41 Å². The molecule has 2 unspecified atom stereocenters. The maximum atomic E-state index is 10.8. The first-order chi connectivity index (χ1) is 7.99. The van der Waals surface area contributed by atoms with Crippen LogP contribution in [0.3, 0.4) is 0 Å². The molecule has 2 aliphatic rings. The Hall–Kier alpha value is -0.180. The number of thioether (sulfide) groups is 1. The van der Waals surface area contributed by atoms with Crippen molar-refractivity contribution >= 4 is 17.7 Å². The molecule has 17 heavy (non-hydrogen) atoms. The molecule has 0 radical (unpaired) electrons. The van der Waals surface area contributed by atoms with E-state index in [0.29, 0.717) is 6.42 Å². The Kier molecular flexibility index (Phi) is 4.06. The van der Waals surface area contributed by atoms with Crippen LogP contribution in [-0.4, -0.2) is 22.1 Å². The summed E-state index contributed by atoms with van der Waals surface area (Å²) in [4.78, 5) is 10.8. The summed E-state index contributed by atoms with van der Waals surface area (Å²) in [6.07, 6.45) is 6.68. The minimum Gasteiger partial charge on any atom is -0.481 e. The average molecular weight is 256 g/mol. The summed E-state index contributed by atoms with van der Waals surface area (Å²) in [5.74, 6) is 2.16. The molecule has 0 saturated heterocycles. The number of carbonyl (C=O) groups is 1. The van der Waals surface area contributed by atoms with Crippen molar-refractivity contribution in [1.29, 1.82) is 0 Å². The molecule has 0 aromatic heterocycles. The van der Waals surface area contributed by atoms with Gasteiger partial charge >= 0.3 is 5.97 Å². The van der Waals surface area contributed by atoms with Crippen molar-refractivity contribution in [3.63, 3.8) is 0 Å². The van der Waals surface area contributed by atoms with Crippen molar-refractivity contribution in [3.8, 4) is 0 Å². The van der Waals surface area contributed by atoms with Gasteiger partial charge < -0.3 is 5.11 Å². The third kappa shape index (κ3) is 3.90. The lowest BCUT2D eigenvalue weighted by atomic mass is 9.83. The van der Waals surface area contributed by atoms with Gasteiger partial charge in [-0.05, 0) is 55.1 Å². The lowest BCUT2D eigenvalue weighted by molar-refractivity contribution is -0.138. The Balaban J connectivity index is 1.76. The number of hydrogen-bond donors (Lipinski definition) is 1. The van der Waals surface area contributed by atoms with Crippen LogP contribution in [0.1, 0.15) is 52.4 Å². The molecule has 2 aliphatic carbocycles. The molecule has 0 heterocycles. The van der Waals surface area contributed by atoms with E-state index in [0.717, 1.165) is 35.7 Å². The summed E-state index contributed by atoms with van der Waals surface area (Å²) >= 11 is 2.05.